The van der Waals surface area contributed by atoms with Crippen LogP contribution in [0.2, 0.25) is 0 Å². The number of aromatic nitrogens is 4. The van der Waals surface area contributed by atoms with Crippen LogP contribution in [0, 0.1) is 0 Å². The number of H-pyrrole nitrogens is 1. The molecule has 4 heterocycles. The van der Waals surface area contributed by atoms with Crippen molar-refractivity contribution in [2.45, 2.75) is 29.8 Å². The number of fused-ring (bicyclic) bond motifs is 1. The van der Waals surface area contributed by atoms with E-state index in [2.05, 4.69) is 9.97 Å². The Bertz CT molecular complexity index is 1130. The second kappa shape index (κ2) is 7.44. The summed E-state index contributed by atoms with van der Waals surface area (Å²) in [6.45, 7) is 0.707. The summed E-state index contributed by atoms with van der Waals surface area (Å²) in [5.74, 6) is 2.53. The van der Waals surface area contributed by atoms with Gasteiger partial charge in [0.1, 0.15) is 11.6 Å². The number of likely N-dealkylation sites (tertiary alicyclic amines) is 1. The number of aromatic amines is 1. The largest absolute Gasteiger partial charge is 0.455 e. The summed E-state index contributed by atoms with van der Waals surface area (Å²) in [7, 11) is 1.96. The zero-order chi connectivity index (χ0) is 19.8. The van der Waals surface area contributed by atoms with Crippen LogP contribution >= 0.6 is 11.8 Å². The van der Waals surface area contributed by atoms with Crippen molar-refractivity contribution in [1.82, 2.24) is 24.4 Å². The molecule has 1 amide bonds. The Morgan fingerprint density at radius 1 is 1.31 bits per heavy atom. The van der Waals surface area contributed by atoms with Gasteiger partial charge in [0.15, 0.2) is 10.9 Å². The quantitative estimate of drug-likeness (QED) is 0.503. The molecular formula is C21H21N5O2S. The van der Waals surface area contributed by atoms with E-state index in [1.54, 1.807) is 24.0 Å². The maximum atomic E-state index is 13.1. The number of para-hydroxylation sites is 2. The molecule has 1 aromatic carbocycles. The summed E-state index contributed by atoms with van der Waals surface area (Å²) in [5.41, 5.74) is 1.92. The van der Waals surface area contributed by atoms with Gasteiger partial charge in [-0.3, -0.25) is 4.79 Å². The normalized spacial score (nSPS) is 16.7. The molecule has 1 unspecified atom stereocenters. The maximum Gasteiger partial charge on any atom is 0.290 e. The number of hydrogen-bond donors (Lipinski definition) is 1. The topological polar surface area (TPSA) is 80.0 Å². The van der Waals surface area contributed by atoms with Crippen LogP contribution in [-0.4, -0.2) is 36.9 Å². The number of carbonyl (C=O) groups is 1. The molecule has 1 atom stereocenters. The summed E-state index contributed by atoms with van der Waals surface area (Å²) in [6.07, 6.45) is 5.53. The number of hydrogen-bond acceptors (Lipinski definition) is 5. The molecule has 1 saturated heterocycles. The molecule has 1 aliphatic rings. The third-order valence-electron chi connectivity index (χ3n) is 5.23. The van der Waals surface area contributed by atoms with Crippen molar-refractivity contribution in [3.63, 3.8) is 0 Å². The fourth-order valence-corrected chi connectivity index (χ4v) is 4.59. The van der Waals surface area contributed by atoms with Gasteiger partial charge in [0.2, 0.25) is 0 Å². The van der Waals surface area contributed by atoms with Crippen LogP contribution in [0.1, 0.15) is 41.0 Å². The fraction of sp³-hybridized carbons (Fsp3) is 0.286. The predicted octanol–water partition coefficient (Wildman–Crippen LogP) is 4.16. The molecule has 0 aliphatic carbocycles. The number of nitrogens with one attached hydrogen (secondary N) is 1. The molecule has 3 aromatic heterocycles. The number of thioether (sulfide) groups is 1. The summed E-state index contributed by atoms with van der Waals surface area (Å²) in [4.78, 5) is 27.3. The van der Waals surface area contributed by atoms with Gasteiger partial charge in [-0.15, -0.1) is 0 Å². The van der Waals surface area contributed by atoms with E-state index in [1.807, 2.05) is 53.0 Å². The van der Waals surface area contributed by atoms with Crippen LogP contribution in [-0.2, 0) is 12.8 Å². The number of aryl methyl sites for hydroxylation is 1. The minimum Gasteiger partial charge on any atom is -0.455 e. The molecule has 0 spiro atoms. The number of rotatable bonds is 5. The van der Waals surface area contributed by atoms with Gasteiger partial charge in [-0.2, -0.15) is 0 Å². The number of carbonyl (C=O) groups excluding carboxylic acids is 1. The van der Waals surface area contributed by atoms with Crippen LogP contribution in [0.15, 0.2) is 58.4 Å². The van der Waals surface area contributed by atoms with Crippen molar-refractivity contribution >= 4 is 28.7 Å². The van der Waals surface area contributed by atoms with E-state index in [4.69, 9.17) is 9.40 Å². The predicted molar refractivity (Wildman–Crippen MR) is 111 cm³/mol. The van der Waals surface area contributed by atoms with Gasteiger partial charge in [-0.05, 0) is 37.1 Å². The van der Waals surface area contributed by atoms with Crippen LogP contribution in [0.25, 0.3) is 11.0 Å². The zero-order valence-electron chi connectivity index (χ0n) is 16.0. The van der Waals surface area contributed by atoms with Crippen molar-refractivity contribution < 1.29 is 9.21 Å². The summed E-state index contributed by atoms with van der Waals surface area (Å²) < 4.78 is 7.82. The van der Waals surface area contributed by atoms with Crippen molar-refractivity contribution in [2.75, 3.05) is 6.54 Å². The van der Waals surface area contributed by atoms with Crippen LogP contribution in [0.3, 0.4) is 0 Å². The Labute approximate surface area is 172 Å². The molecule has 4 aromatic rings. The highest BCUT2D eigenvalue weighted by molar-refractivity contribution is 7.98. The third-order valence-corrected chi connectivity index (χ3v) is 6.31. The second-order valence-electron chi connectivity index (χ2n) is 7.17. The molecule has 8 heteroatoms. The Balaban J connectivity index is 1.32. The van der Waals surface area contributed by atoms with Gasteiger partial charge in [-0.1, -0.05) is 23.9 Å². The average Bonchev–Trinajstić information content (AvgIpc) is 3.51. The molecule has 148 valence electrons. The van der Waals surface area contributed by atoms with Gasteiger partial charge in [0, 0.05) is 26.0 Å². The Hall–Kier alpha value is -3.00. The van der Waals surface area contributed by atoms with E-state index in [-0.39, 0.29) is 11.9 Å². The lowest BCUT2D eigenvalue weighted by Gasteiger charge is -2.22. The molecule has 5 rings (SSSR count). The van der Waals surface area contributed by atoms with Gasteiger partial charge in [-0.25, -0.2) is 9.97 Å². The molecule has 1 aliphatic heterocycles. The first kappa shape index (κ1) is 18.1. The number of amides is 1. The van der Waals surface area contributed by atoms with Crippen LogP contribution in [0.5, 0.6) is 0 Å². The lowest BCUT2D eigenvalue weighted by Crippen LogP contribution is -2.30. The lowest BCUT2D eigenvalue weighted by molar-refractivity contribution is 0.0696. The summed E-state index contributed by atoms with van der Waals surface area (Å²) >= 11 is 1.58. The Morgan fingerprint density at radius 3 is 3.03 bits per heavy atom. The highest BCUT2D eigenvalue weighted by Crippen LogP contribution is 2.33. The molecular weight excluding hydrogens is 386 g/mol. The standard InChI is InChI=1S/C21H21N5O2S/c1-25-12-10-22-21(25)29-13-14-8-9-18(28-14)20(27)26-11-4-7-17(26)19-23-15-5-2-3-6-16(15)24-19/h2-3,5-6,8-10,12,17H,4,7,11,13H2,1H3,(H,23,24). The fourth-order valence-electron chi connectivity index (χ4n) is 3.76. The van der Waals surface area contributed by atoms with E-state index < -0.39 is 0 Å². The first-order chi connectivity index (χ1) is 14.2. The van der Waals surface area contributed by atoms with Crippen LogP contribution < -0.4 is 0 Å². The maximum absolute atomic E-state index is 13.1. The van der Waals surface area contributed by atoms with E-state index in [0.717, 1.165) is 40.6 Å². The zero-order valence-corrected chi connectivity index (χ0v) is 16.9. The first-order valence-corrected chi connectivity index (χ1v) is 10.6. The van der Waals surface area contributed by atoms with Crippen molar-refractivity contribution in [3.05, 3.63) is 66.1 Å². The van der Waals surface area contributed by atoms with Gasteiger partial charge < -0.3 is 18.9 Å². The Kier molecular flexibility index (Phi) is 4.63. The van der Waals surface area contributed by atoms with Gasteiger partial charge in [0.05, 0.1) is 22.8 Å². The van der Waals surface area contributed by atoms with Gasteiger partial charge in [0.25, 0.3) is 5.91 Å². The highest BCUT2D eigenvalue weighted by atomic mass is 32.2. The SMILES string of the molecule is Cn1ccnc1SCc1ccc(C(=O)N2CCCC2c2nc3ccccc3[nH]2)o1. The average molecular weight is 407 g/mol. The first-order valence-electron chi connectivity index (χ1n) is 9.63. The molecule has 29 heavy (non-hydrogen) atoms. The highest BCUT2D eigenvalue weighted by Gasteiger charge is 2.34. The van der Waals surface area contributed by atoms with Crippen LogP contribution in [0.4, 0.5) is 0 Å². The van der Waals surface area contributed by atoms with Crippen molar-refractivity contribution in [1.29, 1.82) is 0 Å². The van der Waals surface area contributed by atoms with E-state index >= 15 is 0 Å². The molecule has 0 saturated carbocycles. The number of imidazole rings is 2. The van der Waals surface area contributed by atoms with E-state index in [9.17, 15) is 4.79 Å². The third kappa shape index (κ3) is 3.44. The summed E-state index contributed by atoms with van der Waals surface area (Å²) in [5, 5.41) is 0.916. The van der Waals surface area contributed by atoms with Crippen molar-refractivity contribution in [3.8, 4) is 0 Å². The number of furan rings is 1. The molecule has 0 bridgehead atoms. The van der Waals surface area contributed by atoms with E-state index in [0.29, 0.717) is 18.1 Å². The summed E-state index contributed by atoms with van der Waals surface area (Å²) in [6, 6.07) is 11.5. The lowest BCUT2D eigenvalue weighted by atomic mass is 10.2. The molecule has 7 nitrogen and oxygen atoms in total. The van der Waals surface area contributed by atoms with Crippen molar-refractivity contribution in [2.24, 2.45) is 7.05 Å². The number of benzene rings is 1. The van der Waals surface area contributed by atoms with E-state index in [1.165, 1.54) is 0 Å². The minimum atomic E-state index is -0.0822. The van der Waals surface area contributed by atoms with Gasteiger partial charge >= 0.3 is 0 Å². The number of nitrogens with zero attached hydrogens (tertiary/aromatic N) is 4. The molecule has 0 radical (unpaired) electrons. The smallest absolute Gasteiger partial charge is 0.290 e. The molecule has 1 N–H and O–H groups in total. The molecule has 1 fully saturated rings. The minimum absolute atomic E-state index is 0.0506. The monoisotopic (exact) mass is 407 g/mol. The Morgan fingerprint density at radius 2 is 2.21 bits per heavy atom. The second-order valence-corrected chi connectivity index (χ2v) is 8.11.